The second-order valence-corrected chi connectivity index (χ2v) is 9.99. The lowest BCUT2D eigenvalue weighted by atomic mass is 9.94. The van der Waals surface area contributed by atoms with Crippen LogP contribution in [0.1, 0.15) is 61.8 Å². The number of rotatable bonds is 2. The molecule has 7 heteroatoms. The molecule has 0 unspecified atom stereocenters. The third-order valence-corrected chi connectivity index (χ3v) is 6.45. The number of hydrogen-bond donors (Lipinski definition) is 0. The first-order chi connectivity index (χ1) is 14.8. The quantitative estimate of drug-likeness (QED) is 0.657. The molecule has 4 rings (SSSR count). The molecule has 2 heterocycles. The zero-order valence-corrected chi connectivity index (χ0v) is 19.4. The number of hydrogen-bond acceptors (Lipinski definition) is 3. The second-order valence-electron chi connectivity index (χ2n) is 9.56. The standard InChI is InChI=1S/C24H31ClN4O2/c1-24(2,3)23(31)28-15-13-27(14-16-28)22(30)21-19-7-5-4-6-8-20(19)29(26-21)18-11-9-17(25)10-12-18/h9-12H,4-8,13-16H2,1-3H3. The van der Waals surface area contributed by atoms with Crippen LogP contribution in [0.5, 0.6) is 0 Å². The zero-order valence-electron chi connectivity index (χ0n) is 18.7. The predicted molar refractivity (Wildman–Crippen MR) is 122 cm³/mol. The van der Waals surface area contributed by atoms with Crippen LogP contribution in [-0.2, 0) is 17.6 Å². The summed E-state index contributed by atoms with van der Waals surface area (Å²) in [6, 6.07) is 7.61. The molecular formula is C24H31ClN4O2. The summed E-state index contributed by atoms with van der Waals surface area (Å²) in [5, 5.41) is 5.49. The van der Waals surface area contributed by atoms with Gasteiger partial charge in [-0.15, -0.1) is 0 Å². The fraction of sp³-hybridized carbons (Fsp3) is 0.542. The fourth-order valence-corrected chi connectivity index (χ4v) is 4.61. The van der Waals surface area contributed by atoms with Crippen LogP contribution < -0.4 is 0 Å². The van der Waals surface area contributed by atoms with Crippen molar-refractivity contribution in [2.24, 2.45) is 5.41 Å². The van der Waals surface area contributed by atoms with Crippen molar-refractivity contribution in [3.05, 3.63) is 46.2 Å². The van der Waals surface area contributed by atoms with Crippen molar-refractivity contribution in [1.82, 2.24) is 19.6 Å². The molecule has 1 aliphatic heterocycles. The van der Waals surface area contributed by atoms with E-state index in [4.69, 9.17) is 16.7 Å². The first kappa shape index (κ1) is 21.9. The number of piperazine rings is 1. The molecule has 0 spiro atoms. The molecule has 2 aliphatic rings. The van der Waals surface area contributed by atoms with Gasteiger partial charge >= 0.3 is 0 Å². The Bertz CT molecular complexity index is 967. The molecule has 2 aromatic rings. The van der Waals surface area contributed by atoms with Crippen molar-refractivity contribution in [2.45, 2.75) is 52.9 Å². The molecule has 6 nitrogen and oxygen atoms in total. The highest BCUT2D eigenvalue weighted by Crippen LogP contribution is 2.28. The minimum absolute atomic E-state index is 0.0197. The number of carbonyl (C=O) groups is 2. The number of amides is 2. The maximum Gasteiger partial charge on any atom is 0.274 e. The van der Waals surface area contributed by atoms with Gasteiger partial charge in [0.05, 0.1) is 5.69 Å². The number of carbonyl (C=O) groups excluding carboxylic acids is 2. The molecule has 1 aliphatic carbocycles. The number of fused-ring (bicyclic) bond motifs is 1. The molecule has 0 atom stereocenters. The summed E-state index contributed by atoms with van der Waals surface area (Å²) in [5.74, 6) is 0.120. The van der Waals surface area contributed by atoms with Gasteiger partial charge in [-0.3, -0.25) is 9.59 Å². The topological polar surface area (TPSA) is 58.4 Å². The highest BCUT2D eigenvalue weighted by atomic mass is 35.5. The Kier molecular flexibility index (Phi) is 6.11. The van der Waals surface area contributed by atoms with Gasteiger partial charge in [0.25, 0.3) is 5.91 Å². The van der Waals surface area contributed by atoms with Gasteiger partial charge in [0, 0.05) is 47.9 Å². The SMILES string of the molecule is CC(C)(C)C(=O)N1CCN(C(=O)c2nn(-c3ccc(Cl)cc3)c3c2CCCCC3)CC1. The van der Waals surface area contributed by atoms with Gasteiger partial charge in [-0.2, -0.15) is 5.10 Å². The molecule has 1 fully saturated rings. The van der Waals surface area contributed by atoms with Crippen LogP contribution >= 0.6 is 11.6 Å². The van der Waals surface area contributed by atoms with Gasteiger partial charge in [0.15, 0.2) is 5.69 Å². The second kappa shape index (κ2) is 8.65. The number of aromatic nitrogens is 2. The summed E-state index contributed by atoms with van der Waals surface area (Å²) < 4.78 is 1.93. The minimum atomic E-state index is -0.402. The average molecular weight is 443 g/mol. The zero-order chi connectivity index (χ0) is 22.2. The number of halogens is 1. The summed E-state index contributed by atoms with van der Waals surface area (Å²) in [6.45, 7) is 8.04. The van der Waals surface area contributed by atoms with Crippen molar-refractivity contribution in [3.63, 3.8) is 0 Å². The van der Waals surface area contributed by atoms with E-state index in [2.05, 4.69) is 0 Å². The molecule has 166 valence electrons. The molecule has 2 amide bonds. The van der Waals surface area contributed by atoms with Crippen LogP contribution in [0.15, 0.2) is 24.3 Å². The first-order valence-corrected chi connectivity index (χ1v) is 11.6. The Morgan fingerprint density at radius 2 is 1.52 bits per heavy atom. The van der Waals surface area contributed by atoms with E-state index < -0.39 is 5.41 Å². The van der Waals surface area contributed by atoms with Crippen molar-refractivity contribution < 1.29 is 9.59 Å². The van der Waals surface area contributed by atoms with E-state index in [9.17, 15) is 9.59 Å². The van der Waals surface area contributed by atoms with Crippen molar-refractivity contribution in [2.75, 3.05) is 26.2 Å². The lowest BCUT2D eigenvalue weighted by molar-refractivity contribution is -0.140. The van der Waals surface area contributed by atoms with Crippen LogP contribution in [0.2, 0.25) is 5.02 Å². The van der Waals surface area contributed by atoms with Gasteiger partial charge in [0.2, 0.25) is 5.91 Å². The van der Waals surface area contributed by atoms with Crippen molar-refractivity contribution >= 4 is 23.4 Å². The lowest BCUT2D eigenvalue weighted by Crippen LogP contribution is -2.53. The van der Waals surface area contributed by atoms with Crippen LogP contribution in [0, 0.1) is 5.41 Å². The third kappa shape index (κ3) is 4.49. The van der Waals surface area contributed by atoms with E-state index in [1.807, 2.05) is 59.5 Å². The number of nitrogens with zero attached hydrogens (tertiary/aromatic N) is 4. The average Bonchev–Trinajstić information content (AvgIpc) is 2.93. The van der Waals surface area contributed by atoms with E-state index in [1.165, 1.54) is 0 Å². The van der Waals surface area contributed by atoms with Crippen LogP contribution in [0.3, 0.4) is 0 Å². The Balaban J connectivity index is 1.59. The maximum atomic E-state index is 13.5. The van der Waals surface area contributed by atoms with E-state index in [0.717, 1.165) is 49.0 Å². The summed E-state index contributed by atoms with van der Waals surface area (Å²) in [5.41, 5.74) is 3.33. The lowest BCUT2D eigenvalue weighted by Gasteiger charge is -2.37. The fourth-order valence-electron chi connectivity index (χ4n) is 4.48. The van der Waals surface area contributed by atoms with Crippen LogP contribution in [0.4, 0.5) is 0 Å². The highest BCUT2D eigenvalue weighted by molar-refractivity contribution is 6.30. The summed E-state index contributed by atoms with van der Waals surface area (Å²) in [7, 11) is 0. The Hall–Kier alpha value is -2.34. The minimum Gasteiger partial charge on any atom is -0.339 e. The first-order valence-electron chi connectivity index (χ1n) is 11.2. The Morgan fingerprint density at radius 3 is 2.16 bits per heavy atom. The Labute approximate surface area is 189 Å². The molecule has 0 saturated carbocycles. The monoisotopic (exact) mass is 442 g/mol. The summed E-state index contributed by atoms with van der Waals surface area (Å²) >= 11 is 6.07. The van der Waals surface area contributed by atoms with Crippen molar-refractivity contribution in [1.29, 1.82) is 0 Å². The molecular weight excluding hydrogens is 412 g/mol. The van der Waals surface area contributed by atoms with Crippen molar-refractivity contribution in [3.8, 4) is 5.69 Å². The number of benzene rings is 1. The molecule has 0 radical (unpaired) electrons. The van der Waals surface area contributed by atoms with Gasteiger partial charge < -0.3 is 9.80 Å². The molecule has 0 N–H and O–H groups in total. The Morgan fingerprint density at radius 1 is 0.903 bits per heavy atom. The smallest absolute Gasteiger partial charge is 0.274 e. The third-order valence-electron chi connectivity index (χ3n) is 6.20. The van der Waals surface area contributed by atoms with E-state index in [-0.39, 0.29) is 11.8 Å². The summed E-state index contributed by atoms with van der Waals surface area (Å²) in [6.07, 6.45) is 5.15. The largest absolute Gasteiger partial charge is 0.339 e. The van der Waals surface area contributed by atoms with E-state index in [0.29, 0.717) is 36.9 Å². The maximum absolute atomic E-state index is 13.5. The summed E-state index contributed by atoms with van der Waals surface area (Å²) in [4.78, 5) is 29.8. The van der Waals surface area contributed by atoms with E-state index in [1.54, 1.807) is 0 Å². The molecule has 1 aromatic heterocycles. The van der Waals surface area contributed by atoms with Gasteiger partial charge in [-0.1, -0.05) is 38.8 Å². The molecule has 31 heavy (non-hydrogen) atoms. The molecule has 1 saturated heterocycles. The molecule has 0 bridgehead atoms. The van der Waals surface area contributed by atoms with Gasteiger partial charge in [0.1, 0.15) is 0 Å². The predicted octanol–water partition coefficient (Wildman–Crippen LogP) is 4.13. The van der Waals surface area contributed by atoms with Gasteiger partial charge in [-0.05, 0) is 49.9 Å². The van der Waals surface area contributed by atoms with Gasteiger partial charge in [-0.25, -0.2) is 4.68 Å². The van der Waals surface area contributed by atoms with Crippen LogP contribution in [-0.4, -0.2) is 57.6 Å². The highest BCUT2D eigenvalue weighted by Gasteiger charge is 2.33. The normalized spacial score (nSPS) is 17.3. The van der Waals surface area contributed by atoms with Crippen LogP contribution in [0.25, 0.3) is 5.69 Å². The molecule has 1 aromatic carbocycles. The van der Waals surface area contributed by atoms with E-state index >= 15 is 0 Å².